The van der Waals surface area contributed by atoms with Crippen LogP contribution in [0.5, 0.6) is 0 Å². The molecule has 0 radical (unpaired) electrons. The fraction of sp³-hybridized carbons (Fsp3) is 1.00. The summed E-state index contributed by atoms with van der Waals surface area (Å²) in [6, 6.07) is 0. The van der Waals surface area contributed by atoms with Gasteiger partial charge in [-0.05, 0) is 0 Å². The first kappa shape index (κ1) is 14.4. The minimum Gasteiger partial charge on any atom is -1.00 e. The molecule has 0 aliphatic carbocycles. The van der Waals surface area contributed by atoms with Crippen LogP contribution in [0.3, 0.4) is 0 Å². The van der Waals surface area contributed by atoms with Crippen LogP contribution in [0.2, 0.25) is 0 Å². The third-order valence-electron chi connectivity index (χ3n) is 2.49. The molecule has 0 spiro atoms. The van der Waals surface area contributed by atoms with Crippen molar-refractivity contribution in [1.82, 2.24) is 5.69 Å². The van der Waals surface area contributed by atoms with Gasteiger partial charge in [-0.25, -0.2) is 0 Å². The summed E-state index contributed by atoms with van der Waals surface area (Å²) in [5.74, 6) is 0. The second-order valence-electron chi connectivity index (χ2n) is 3.49. The van der Waals surface area contributed by atoms with Crippen molar-refractivity contribution in [2.75, 3.05) is 26.2 Å². The minimum atomic E-state index is -0.242. The fourth-order valence-corrected chi connectivity index (χ4v) is 5.36. The van der Waals surface area contributed by atoms with Crippen molar-refractivity contribution in [3.63, 3.8) is 0 Å². The SMILES string of the molecule is C1CC[N]([Zr+2][N]2CCCC2)C1.[Cl-].[Cl-]. The summed E-state index contributed by atoms with van der Waals surface area (Å²) >= 11 is -0.242. The second-order valence-corrected chi connectivity index (χ2v) is 7.09. The quantitative estimate of drug-likeness (QED) is 0.505. The molecule has 0 N–H and O–H groups in total. The van der Waals surface area contributed by atoms with Crippen LogP contribution in [0.15, 0.2) is 0 Å². The predicted octanol–water partition coefficient (Wildman–Crippen LogP) is -4.90. The molecular weight excluding hydrogens is 286 g/mol. The van der Waals surface area contributed by atoms with Gasteiger partial charge in [0, 0.05) is 0 Å². The monoisotopic (exact) mass is 300 g/mol. The van der Waals surface area contributed by atoms with Gasteiger partial charge in [0.05, 0.1) is 0 Å². The zero-order valence-electron chi connectivity index (χ0n) is 7.81. The summed E-state index contributed by atoms with van der Waals surface area (Å²) in [5.41, 5.74) is 0. The molecule has 0 aromatic carbocycles. The smallest absolute Gasteiger partial charge is 1.00 e. The summed E-state index contributed by atoms with van der Waals surface area (Å²) in [6.45, 7) is 5.68. The zero-order valence-corrected chi connectivity index (χ0v) is 11.8. The summed E-state index contributed by atoms with van der Waals surface area (Å²) in [7, 11) is 0. The minimum absolute atomic E-state index is 0. The number of halogens is 2. The number of hydrogen-bond acceptors (Lipinski definition) is 2. The Morgan fingerprint density at radius 1 is 0.615 bits per heavy atom. The molecule has 0 bridgehead atoms. The van der Waals surface area contributed by atoms with Crippen LogP contribution in [-0.2, 0) is 23.8 Å². The van der Waals surface area contributed by atoms with Crippen LogP contribution >= 0.6 is 0 Å². The van der Waals surface area contributed by atoms with E-state index >= 15 is 0 Å². The van der Waals surface area contributed by atoms with Crippen LogP contribution in [0.1, 0.15) is 25.7 Å². The fourth-order valence-electron chi connectivity index (χ4n) is 1.83. The van der Waals surface area contributed by atoms with Crippen molar-refractivity contribution in [2.45, 2.75) is 25.7 Å². The predicted molar refractivity (Wildman–Crippen MR) is 41.6 cm³/mol. The van der Waals surface area contributed by atoms with E-state index in [1.54, 1.807) is 0 Å². The van der Waals surface area contributed by atoms with Gasteiger partial charge in [-0.2, -0.15) is 0 Å². The average Bonchev–Trinajstić information content (AvgIpc) is 2.60. The third kappa shape index (κ3) is 4.62. The number of hydrogen-bond donors (Lipinski definition) is 0. The van der Waals surface area contributed by atoms with Gasteiger partial charge >= 0.3 is 81.4 Å². The van der Waals surface area contributed by atoms with E-state index in [-0.39, 0.29) is 48.6 Å². The Morgan fingerprint density at radius 3 is 1.23 bits per heavy atom. The van der Waals surface area contributed by atoms with Gasteiger partial charge in [0.1, 0.15) is 0 Å². The molecule has 5 heteroatoms. The molecule has 13 heavy (non-hydrogen) atoms. The van der Waals surface area contributed by atoms with Crippen molar-refractivity contribution < 1.29 is 48.6 Å². The topological polar surface area (TPSA) is 6.48 Å². The number of nitrogens with zero attached hydrogens (tertiary/aromatic N) is 2. The summed E-state index contributed by atoms with van der Waals surface area (Å²) in [5, 5.41) is 0. The molecule has 0 saturated carbocycles. The first-order valence-corrected chi connectivity index (χ1v) is 6.91. The molecule has 2 aliphatic heterocycles. The Kier molecular flexibility index (Phi) is 8.46. The van der Waals surface area contributed by atoms with E-state index in [1.165, 1.54) is 51.9 Å². The van der Waals surface area contributed by atoms with Crippen molar-refractivity contribution in [3.8, 4) is 0 Å². The van der Waals surface area contributed by atoms with E-state index in [2.05, 4.69) is 5.69 Å². The van der Waals surface area contributed by atoms with Gasteiger partial charge < -0.3 is 24.8 Å². The van der Waals surface area contributed by atoms with Gasteiger partial charge in [0.25, 0.3) is 0 Å². The Hall–Kier alpha value is 1.38. The van der Waals surface area contributed by atoms with Crippen molar-refractivity contribution in [2.24, 2.45) is 0 Å². The molecule has 0 unspecified atom stereocenters. The Bertz CT molecular complexity index is 111. The first-order valence-electron chi connectivity index (χ1n) is 4.71. The zero-order chi connectivity index (χ0) is 7.52. The van der Waals surface area contributed by atoms with E-state index in [1.807, 2.05) is 0 Å². The molecule has 2 fully saturated rings. The molecule has 2 aliphatic rings. The van der Waals surface area contributed by atoms with E-state index in [4.69, 9.17) is 0 Å². The molecule has 0 aromatic heterocycles. The summed E-state index contributed by atoms with van der Waals surface area (Å²) in [6.07, 6.45) is 5.87. The van der Waals surface area contributed by atoms with Crippen LogP contribution in [-0.4, -0.2) is 31.9 Å². The second kappa shape index (κ2) is 7.65. The van der Waals surface area contributed by atoms with E-state index in [0.717, 1.165) is 0 Å². The van der Waals surface area contributed by atoms with E-state index in [9.17, 15) is 0 Å². The molecule has 0 amide bonds. The van der Waals surface area contributed by atoms with E-state index in [0.29, 0.717) is 0 Å². The molecule has 0 aromatic rings. The van der Waals surface area contributed by atoms with Gasteiger partial charge in [-0.1, -0.05) is 0 Å². The summed E-state index contributed by atoms with van der Waals surface area (Å²) < 4.78 is 5.52. The molecule has 2 saturated heterocycles. The molecule has 2 rings (SSSR count). The Morgan fingerprint density at radius 2 is 0.923 bits per heavy atom. The molecule has 2 nitrogen and oxygen atoms in total. The van der Waals surface area contributed by atoms with Gasteiger partial charge in [-0.15, -0.1) is 0 Å². The third-order valence-corrected chi connectivity index (χ3v) is 6.08. The standard InChI is InChI=1S/2C4H8N.2ClH.Zr/c2*1-2-4-5-3-1;;;/h2*1-4H2;2*1H;/q2*-1;;;+4/p-2. The van der Waals surface area contributed by atoms with Crippen LogP contribution in [0.4, 0.5) is 0 Å². The Labute approximate surface area is 106 Å². The molecule has 0 atom stereocenters. The van der Waals surface area contributed by atoms with Crippen LogP contribution in [0.25, 0.3) is 0 Å². The average molecular weight is 302 g/mol. The summed E-state index contributed by atoms with van der Waals surface area (Å²) in [4.78, 5) is 0. The van der Waals surface area contributed by atoms with Crippen molar-refractivity contribution in [1.29, 1.82) is 0 Å². The largest absolute Gasteiger partial charge is 1.00 e. The van der Waals surface area contributed by atoms with Gasteiger partial charge in [0.15, 0.2) is 0 Å². The normalized spacial score (nSPS) is 23.4. The van der Waals surface area contributed by atoms with Gasteiger partial charge in [0.2, 0.25) is 0 Å². The molecular formula is C8H16Cl2N2Zr. The maximum absolute atomic E-state index is 2.76. The van der Waals surface area contributed by atoms with Crippen molar-refractivity contribution >= 4 is 0 Å². The Balaban J connectivity index is 0.000000720. The number of rotatable bonds is 2. The first-order chi connectivity index (χ1) is 5.45. The maximum atomic E-state index is 2.76. The molecule has 76 valence electrons. The van der Waals surface area contributed by atoms with Crippen LogP contribution < -0.4 is 24.8 Å². The van der Waals surface area contributed by atoms with E-state index < -0.39 is 0 Å². The van der Waals surface area contributed by atoms with Crippen molar-refractivity contribution in [3.05, 3.63) is 0 Å². The van der Waals surface area contributed by atoms with Gasteiger partial charge in [-0.3, -0.25) is 0 Å². The molecule has 2 heterocycles. The van der Waals surface area contributed by atoms with Crippen LogP contribution in [0, 0.1) is 0 Å². The maximum Gasteiger partial charge on any atom is -1.00 e.